The number of hydrogen-bond donors (Lipinski definition) is 1. The number of ether oxygens (including phenoxy) is 1. The van der Waals surface area contributed by atoms with Crippen LogP contribution in [0.4, 0.5) is 0 Å². The second-order valence-corrected chi connectivity index (χ2v) is 5.49. The highest BCUT2D eigenvalue weighted by atomic mass is 79.9. The van der Waals surface area contributed by atoms with Gasteiger partial charge in [-0.15, -0.1) is 0 Å². The molecule has 1 aliphatic rings. The van der Waals surface area contributed by atoms with Gasteiger partial charge < -0.3 is 10.5 Å². The molecule has 94 valence electrons. The zero-order chi connectivity index (χ0) is 12.7. The maximum atomic E-state index is 6.22. The van der Waals surface area contributed by atoms with E-state index in [0.29, 0.717) is 0 Å². The lowest BCUT2D eigenvalue weighted by atomic mass is 9.95. The highest BCUT2D eigenvalue weighted by Gasteiger charge is 2.27. The third-order valence-electron chi connectivity index (χ3n) is 3.21. The molecule has 18 heavy (non-hydrogen) atoms. The van der Waals surface area contributed by atoms with Gasteiger partial charge in [-0.2, -0.15) is 5.10 Å². The fourth-order valence-electron chi connectivity index (χ4n) is 2.29. The minimum atomic E-state index is -0.0117. The van der Waals surface area contributed by atoms with E-state index >= 15 is 0 Å². The minimum Gasteiger partial charge on any atom is -0.485 e. The lowest BCUT2D eigenvalue weighted by molar-refractivity contribution is 0.161. The van der Waals surface area contributed by atoms with E-state index in [1.807, 2.05) is 37.6 Å². The highest BCUT2D eigenvalue weighted by Crippen LogP contribution is 2.40. The Labute approximate surface area is 114 Å². The van der Waals surface area contributed by atoms with Crippen LogP contribution in [-0.2, 0) is 7.05 Å². The third kappa shape index (κ3) is 2.04. The van der Waals surface area contributed by atoms with Crippen molar-refractivity contribution in [1.29, 1.82) is 0 Å². The van der Waals surface area contributed by atoms with E-state index in [0.717, 1.165) is 27.8 Å². The van der Waals surface area contributed by atoms with E-state index in [4.69, 9.17) is 10.5 Å². The Bertz CT molecular complexity index is 581. The number of nitrogens with two attached hydrogens (primary N) is 1. The molecule has 0 amide bonds. The topological polar surface area (TPSA) is 53.1 Å². The number of aromatic nitrogens is 2. The summed E-state index contributed by atoms with van der Waals surface area (Å²) in [6, 6.07) is 5.95. The van der Waals surface area contributed by atoms with Crippen molar-refractivity contribution in [3.8, 4) is 5.75 Å². The maximum Gasteiger partial charge on any atom is 0.129 e. The van der Waals surface area contributed by atoms with E-state index in [1.165, 1.54) is 0 Å². The summed E-state index contributed by atoms with van der Waals surface area (Å²) >= 11 is 3.46. The zero-order valence-corrected chi connectivity index (χ0v) is 11.6. The largest absolute Gasteiger partial charge is 0.485 e. The molecule has 1 aromatic heterocycles. The molecule has 0 saturated carbocycles. The first-order valence-electron chi connectivity index (χ1n) is 5.83. The number of halogens is 1. The van der Waals surface area contributed by atoms with Gasteiger partial charge in [-0.05, 0) is 18.2 Å². The molecule has 0 radical (unpaired) electrons. The van der Waals surface area contributed by atoms with Crippen molar-refractivity contribution in [2.75, 3.05) is 0 Å². The van der Waals surface area contributed by atoms with Crippen molar-refractivity contribution >= 4 is 15.9 Å². The van der Waals surface area contributed by atoms with Gasteiger partial charge >= 0.3 is 0 Å². The Kier molecular flexibility index (Phi) is 2.87. The fraction of sp³-hybridized carbons (Fsp3) is 0.308. The summed E-state index contributed by atoms with van der Waals surface area (Å²) in [5.41, 5.74) is 8.35. The van der Waals surface area contributed by atoms with Crippen LogP contribution in [0, 0.1) is 0 Å². The first kappa shape index (κ1) is 11.7. The molecule has 1 unspecified atom stereocenters. The van der Waals surface area contributed by atoms with E-state index < -0.39 is 0 Å². The normalized spacial score (nSPS) is 22.4. The number of fused-ring (bicyclic) bond motifs is 1. The summed E-state index contributed by atoms with van der Waals surface area (Å²) in [6.45, 7) is 0. The third-order valence-corrected chi connectivity index (χ3v) is 3.70. The lowest BCUT2D eigenvalue weighted by Gasteiger charge is -2.29. The second-order valence-electron chi connectivity index (χ2n) is 4.58. The van der Waals surface area contributed by atoms with E-state index in [1.54, 1.807) is 4.68 Å². The number of hydrogen-bond acceptors (Lipinski definition) is 3. The summed E-state index contributed by atoms with van der Waals surface area (Å²) in [6.07, 6.45) is 4.57. The molecule has 0 bridgehead atoms. The van der Waals surface area contributed by atoms with Gasteiger partial charge in [0.15, 0.2) is 0 Å². The Morgan fingerprint density at radius 1 is 1.50 bits per heavy atom. The van der Waals surface area contributed by atoms with Crippen LogP contribution < -0.4 is 10.5 Å². The molecule has 5 heteroatoms. The van der Waals surface area contributed by atoms with E-state index in [-0.39, 0.29) is 12.1 Å². The van der Waals surface area contributed by atoms with Crippen LogP contribution in [0.1, 0.15) is 29.7 Å². The fourth-order valence-corrected chi connectivity index (χ4v) is 2.66. The van der Waals surface area contributed by atoms with Crippen LogP contribution in [0.5, 0.6) is 5.75 Å². The Morgan fingerprint density at radius 2 is 2.33 bits per heavy atom. The van der Waals surface area contributed by atoms with Crippen LogP contribution in [0.3, 0.4) is 0 Å². The minimum absolute atomic E-state index is 0.00328. The second kappa shape index (κ2) is 4.40. The standard InChI is InChI=1S/C13H14BrN3O/c1-17-7-8(6-16-17)13-5-11(15)10-4-9(14)2-3-12(10)18-13/h2-4,6-7,11,13H,5,15H2,1H3/t11-,13?/m1/s1. The Hall–Kier alpha value is -1.33. The van der Waals surface area contributed by atoms with Crippen LogP contribution in [0.2, 0.25) is 0 Å². The van der Waals surface area contributed by atoms with Crippen molar-refractivity contribution in [3.63, 3.8) is 0 Å². The molecule has 4 nitrogen and oxygen atoms in total. The van der Waals surface area contributed by atoms with Crippen LogP contribution >= 0.6 is 15.9 Å². The molecule has 0 saturated heterocycles. The van der Waals surface area contributed by atoms with Crippen LogP contribution in [-0.4, -0.2) is 9.78 Å². The van der Waals surface area contributed by atoms with Crippen molar-refractivity contribution in [2.45, 2.75) is 18.6 Å². The molecule has 1 aliphatic heterocycles. The maximum absolute atomic E-state index is 6.22. The van der Waals surface area contributed by atoms with Crippen molar-refractivity contribution in [1.82, 2.24) is 9.78 Å². The molecule has 0 spiro atoms. The molecule has 2 atom stereocenters. The van der Waals surface area contributed by atoms with Gasteiger partial charge in [0.25, 0.3) is 0 Å². The molecule has 2 heterocycles. The number of benzene rings is 1. The molecule has 0 fully saturated rings. The Morgan fingerprint density at radius 3 is 3.06 bits per heavy atom. The predicted molar refractivity (Wildman–Crippen MR) is 72.3 cm³/mol. The van der Waals surface area contributed by atoms with Gasteiger partial charge in [0.2, 0.25) is 0 Å². The molecule has 2 aromatic rings. The molecular formula is C13H14BrN3O. The predicted octanol–water partition coefficient (Wildman–Crippen LogP) is 2.71. The molecular weight excluding hydrogens is 294 g/mol. The number of aryl methyl sites for hydroxylation is 1. The summed E-state index contributed by atoms with van der Waals surface area (Å²) < 4.78 is 8.81. The smallest absolute Gasteiger partial charge is 0.129 e. The van der Waals surface area contributed by atoms with Gasteiger partial charge in [0, 0.05) is 41.3 Å². The van der Waals surface area contributed by atoms with Gasteiger partial charge in [-0.3, -0.25) is 4.68 Å². The molecule has 0 aliphatic carbocycles. The van der Waals surface area contributed by atoms with Gasteiger partial charge in [0.1, 0.15) is 11.9 Å². The molecule has 2 N–H and O–H groups in total. The van der Waals surface area contributed by atoms with Crippen molar-refractivity contribution in [3.05, 3.63) is 46.2 Å². The summed E-state index contributed by atoms with van der Waals surface area (Å²) in [5, 5.41) is 4.18. The van der Waals surface area contributed by atoms with Crippen LogP contribution in [0.15, 0.2) is 35.1 Å². The van der Waals surface area contributed by atoms with Crippen molar-refractivity contribution < 1.29 is 4.74 Å². The van der Waals surface area contributed by atoms with E-state index in [2.05, 4.69) is 21.0 Å². The monoisotopic (exact) mass is 307 g/mol. The quantitative estimate of drug-likeness (QED) is 0.881. The highest BCUT2D eigenvalue weighted by molar-refractivity contribution is 9.10. The average Bonchev–Trinajstić information content (AvgIpc) is 2.77. The first-order valence-corrected chi connectivity index (χ1v) is 6.63. The van der Waals surface area contributed by atoms with Crippen molar-refractivity contribution in [2.24, 2.45) is 12.8 Å². The van der Waals surface area contributed by atoms with E-state index in [9.17, 15) is 0 Å². The molecule has 3 rings (SSSR count). The summed E-state index contributed by atoms with van der Waals surface area (Å²) in [7, 11) is 1.90. The first-order chi connectivity index (χ1) is 8.63. The SMILES string of the molecule is Cn1cc(C2C[C@@H](N)c3cc(Br)ccc3O2)cn1. The Balaban J connectivity index is 1.94. The van der Waals surface area contributed by atoms with Gasteiger partial charge in [-0.25, -0.2) is 0 Å². The average molecular weight is 308 g/mol. The summed E-state index contributed by atoms with van der Waals surface area (Å²) in [5.74, 6) is 0.866. The lowest BCUT2D eigenvalue weighted by Crippen LogP contribution is -2.23. The number of nitrogens with zero attached hydrogens (tertiary/aromatic N) is 2. The van der Waals surface area contributed by atoms with Crippen LogP contribution in [0.25, 0.3) is 0 Å². The van der Waals surface area contributed by atoms with Gasteiger partial charge in [-0.1, -0.05) is 15.9 Å². The van der Waals surface area contributed by atoms with Gasteiger partial charge in [0.05, 0.1) is 6.20 Å². The summed E-state index contributed by atoms with van der Waals surface area (Å²) in [4.78, 5) is 0. The zero-order valence-electron chi connectivity index (χ0n) is 10.0. The molecule has 1 aromatic carbocycles. The number of rotatable bonds is 1.